The van der Waals surface area contributed by atoms with E-state index in [0.29, 0.717) is 0 Å². The molecule has 0 bridgehead atoms. The molecule has 1 aliphatic rings. The van der Waals surface area contributed by atoms with Gasteiger partial charge in [0.05, 0.1) is 11.2 Å². The van der Waals surface area contributed by atoms with Gasteiger partial charge >= 0.3 is 0 Å². The Bertz CT molecular complexity index is 325. The molecule has 1 aromatic rings. The number of nitrogens with one attached hydrogen (secondary N) is 1. The number of hydrogen-bond donors (Lipinski definition) is 1. The van der Waals surface area contributed by atoms with Crippen molar-refractivity contribution in [3.8, 4) is 0 Å². The molecule has 0 saturated heterocycles. The topological polar surface area (TPSA) is 29.9 Å². The van der Waals surface area contributed by atoms with Gasteiger partial charge in [-0.1, -0.05) is 13.3 Å². The molecule has 0 unspecified atom stereocenters. The molecule has 2 rings (SSSR count). The summed E-state index contributed by atoms with van der Waals surface area (Å²) in [4.78, 5) is 4.69. The lowest BCUT2D eigenvalue weighted by atomic mass is 10.0. The van der Waals surface area contributed by atoms with Crippen molar-refractivity contribution in [3.05, 3.63) is 17.7 Å². The molecule has 78 valence electrons. The van der Waals surface area contributed by atoms with E-state index >= 15 is 0 Å². The van der Waals surface area contributed by atoms with Crippen molar-refractivity contribution >= 4 is 0 Å². The maximum Gasteiger partial charge on any atom is 0.128 e. The summed E-state index contributed by atoms with van der Waals surface area (Å²) in [5.41, 5.74) is 1.27. The van der Waals surface area contributed by atoms with Gasteiger partial charge < -0.3 is 9.88 Å². The quantitative estimate of drug-likeness (QED) is 0.774. The summed E-state index contributed by atoms with van der Waals surface area (Å²) in [6.45, 7) is 8.68. The molecule has 0 radical (unpaired) electrons. The Morgan fingerprint density at radius 2 is 2.36 bits per heavy atom. The molecular formula is C11H19N3. The van der Waals surface area contributed by atoms with Crippen molar-refractivity contribution in [1.29, 1.82) is 0 Å². The summed E-state index contributed by atoms with van der Waals surface area (Å²) in [6.07, 6.45) is 4.47. The molecule has 1 aliphatic heterocycles. The fraction of sp³-hybridized carbons (Fsp3) is 0.727. The summed E-state index contributed by atoms with van der Waals surface area (Å²) in [5.74, 6) is 1.19. The molecule has 3 nitrogen and oxygen atoms in total. The standard InChI is InChI=1S/C11H19N3/c1-4-5-9-8-14-7-6-12-11(2,3)10(14)13-9/h8,12H,4-7H2,1-3H3. The SMILES string of the molecule is CCCc1cn2c(n1)C(C)(C)NCC2. The van der Waals surface area contributed by atoms with Crippen molar-refractivity contribution in [2.45, 2.75) is 45.7 Å². The van der Waals surface area contributed by atoms with Crippen LogP contribution in [0.2, 0.25) is 0 Å². The number of hydrogen-bond acceptors (Lipinski definition) is 2. The van der Waals surface area contributed by atoms with E-state index in [9.17, 15) is 0 Å². The number of rotatable bonds is 2. The first-order chi connectivity index (χ1) is 6.63. The Hall–Kier alpha value is -0.830. The summed E-state index contributed by atoms with van der Waals surface area (Å²) in [6, 6.07) is 0. The Balaban J connectivity index is 2.34. The zero-order valence-electron chi connectivity index (χ0n) is 9.30. The molecule has 0 aromatic carbocycles. The molecule has 3 heteroatoms. The minimum absolute atomic E-state index is 0.0320. The van der Waals surface area contributed by atoms with Crippen LogP contribution < -0.4 is 5.32 Å². The van der Waals surface area contributed by atoms with Gasteiger partial charge in [-0.15, -0.1) is 0 Å². The van der Waals surface area contributed by atoms with Crippen LogP contribution in [0.3, 0.4) is 0 Å². The summed E-state index contributed by atoms with van der Waals surface area (Å²) in [7, 11) is 0. The largest absolute Gasteiger partial charge is 0.332 e. The number of aromatic nitrogens is 2. The number of aryl methyl sites for hydroxylation is 1. The number of fused-ring (bicyclic) bond motifs is 1. The lowest BCUT2D eigenvalue weighted by Crippen LogP contribution is -2.45. The van der Waals surface area contributed by atoms with Crippen LogP contribution in [-0.4, -0.2) is 16.1 Å². The van der Waals surface area contributed by atoms with Crippen molar-refractivity contribution < 1.29 is 0 Å². The normalized spacial score (nSPS) is 19.4. The molecule has 14 heavy (non-hydrogen) atoms. The molecule has 0 amide bonds. The van der Waals surface area contributed by atoms with E-state index in [2.05, 4.69) is 36.9 Å². The van der Waals surface area contributed by atoms with Crippen LogP contribution >= 0.6 is 0 Å². The molecule has 0 saturated carbocycles. The summed E-state index contributed by atoms with van der Waals surface area (Å²) < 4.78 is 2.29. The monoisotopic (exact) mass is 193 g/mol. The van der Waals surface area contributed by atoms with Gasteiger partial charge in [0.25, 0.3) is 0 Å². The smallest absolute Gasteiger partial charge is 0.128 e. The summed E-state index contributed by atoms with van der Waals surface area (Å²) in [5, 5.41) is 3.49. The minimum atomic E-state index is 0.0320. The van der Waals surface area contributed by atoms with Crippen LogP contribution in [-0.2, 0) is 18.5 Å². The third kappa shape index (κ3) is 1.57. The van der Waals surface area contributed by atoms with Crippen LogP contribution in [0.25, 0.3) is 0 Å². The molecular weight excluding hydrogens is 174 g/mol. The van der Waals surface area contributed by atoms with Gasteiger partial charge in [0.1, 0.15) is 5.82 Å². The second-order valence-corrected chi connectivity index (χ2v) is 4.55. The fourth-order valence-corrected chi connectivity index (χ4v) is 2.08. The Kier molecular flexibility index (Phi) is 2.35. The van der Waals surface area contributed by atoms with Gasteiger partial charge in [-0.3, -0.25) is 0 Å². The second kappa shape index (κ2) is 3.39. The van der Waals surface area contributed by atoms with E-state index in [1.807, 2.05) is 0 Å². The average molecular weight is 193 g/mol. The highest BCUT2D eigenvalue weighted by Gasteiger charge is 2.29. The second-order valence-electron chi connectivity index (χ2n) is 4.55. The highest BCUT2D eigenvalue weighted by atomic mass is 15.2. The first kappa shape index (κ1) is 9.71. The van der Waals surface area contributed by atoms with Gasteiger partial charge in [0.2, 0.25) is 0 Å². The predicted octanol–water partition coefficient (Wildman–Crippen LogP) is 1.67. The van der Waals surface area contributed by atoms with E-state index < -0.39 is 0 Å². The summed E-state index contributed by atoms with van der Waals surface area (Å²) >= 11 is 0. The van der Waals surface area contributed by atoms with Gasteiger partial charge in [0, 0.05) is 19.3 Å². The average Bonchev–Trinajstić information content (AvgIpc) is 2.49. The minimum Gasteiger partial charge on any atom is -0.332 e. The molecule has 0 spiro atoms. The predicted molar refractivity (Wildman–Crippen MR) is 57.3 cm³/mol. The molecule has 2 heterocycles. The van der Waals surface area contributed by atoms with E-state index in [-0.39, 0.29) is 5.54 Å². The maximum atomic E-state index is 4.69. The maximum absolute atomic E-state index is 4.69. The van der Waals surface area contributed by atoms with Crippen molar-refractivity contribution in [2.75, 3.05) is 6.54 Å². The van der Waals surface area contributed by atoms with E-state index in [1.165, 1.54) is 17.9 Å². The number of nitrogens with zero attached hydrogens (tertiary/aromatic N) is 2. The van der Waals surface area contributed by atoms with Crippen LogP contribution in [0.4, 0.5) is 0 Å². The van der Waals surface area contributed by atoms with E-state index in [0.717, 1.165) is 19.5 Å². The highest BCUT2D eigenvalue weighted by Crippen LogP contribution is 2.22. The first-order valence-electron chi connectivity index (χ1n) is 5.45. The highest BCUT2D eigenvalue weighted by molar-refractivity contribution is 5.13. The third-order valence-corrected chi connectivity index (χ3v) is 2.81. The fourth-order valence-electron chi connectivity index (χ4n) is 2.08. The molecule has 0 atom stereocenters. The van der Waals surface area contributed by atoms with Gasteiger partial charge in [-0.25, -0.2) is 4.98 Å². The zero-order valence-corrected chi connectivity index (χ0v) is 9.30. The molecule has 0 fully saturated rings. The lowest BCUT2D eigenvalue weighted by Gasteiger charge is -2.31. The van der Waals surface area contributed by atoms with E-state index in [4.69, 9.17) is 4.98 Å². The third-order valence-electron chi connectivity index (χ3n) is 2.81. The van der Waals surface area contributed by atoms with Gasteiger partial charge in [0.15, 0.2) is 0 Å². The first-order valence-corrected chi connectivity index (χ1v) is 5.45. The van der Waals surface area contributed by atoms with Gasteiger partial charge in [-0.2, -0.15) is 0 Å². The van der Waals surface area contributed by atoms with Gasteiger partial charge in [-0.05, 0) is 20.3 Å². The van der Waals surface area contributed by atoms with Crippen LogP contribution in [0.15, 0.2) is 6.20 Å². The van der Waals surface area contributed by atoms with Crippen LogP contribution in [0, 0.1) is 0 Å². The van der Waals surface area contributed by atoms with Crippen LogP contribution in [0.1, 0.15) is 38.7 Å². The van der Waals surface area contributed by atoms with Crippen molar-refractivity contribution in [2.24, 2.45) is 0 Å². The Labute approximate surface area is 85.5 Å². The zero-order chi connectivity index (χ0) is 10.2. The van der Waals surface area contributed by atoms with Crippen LogP contribution in [0.5, 0.6) is 0 Å². The Morgan fingerprint density at radius 1 is 1.57 bits per heavy atom. The molecule has 1 N–H and O–H groups in total. The van der Waals surface area contributed by atoms with Crippen molar-refractivity contribution in [3.63, 3.8) is 0 Å². The van der Waals surface area contributed by atoms with E-state index in [1.54, 1.807) is 0 Å². The number of imidazole rings is 1. The molecule has 1 aromatic heterocycles. The molecule has 0 aliphatic carbocycles. The Morgan fingerprint density at radius 3 is 3.00 bits per heavy atom. The van der Waals surface area contributed by atoms with Crippen molar-refractivity contribution in [1.82, 2.24) is 14.9 Å². The lowest BCUT2D eigenvalue weighted by molar-refractivity contribution is 0.316.